The molecule has 0 bridgehead atoms. The number of hydrogen-bond donors (Lipinski definition) is 0. The molecule has 0 N–H and O–H groups in total. The molecule has 1 nitrogen and oxygen atoms in total. The van der Waals surface area contributed by atoms with Crippen LogP contribution in [0.3, 0.4) is 0 Å². The molecule has 0 aliphatic rings. The van der Waals surface area contributed by atoms with Gasteiger partial charge in [0.15, 0.2) is 0 Å². The summed E-state index contributed by atoms with van der Waals surface area (Å²) in [5.41, 5.74) is 2.53. The number of benzene rings is 1. The molecule has 1 aromatic carbocycles. The van der Waals surface area contributed by atoms with Crippen LogP contribution in [0.15, 0.2) is 30.4 Å². The minimum atomic E-state index is 0.946. The van der Waals surface area contributed by atoms with E-state index in [1.165, 1.54) is 11.1 Å². The van der Waals surface area contributed by atoms with Crippen LogP contribution in [0.4, 0.5) is 0 Å². The van der Waals surface area contributed by atoms with Crippen LogP contribution in [-0.2, 0) is 6.42 Å². The number of allylic oxidation sites excluding steroid dienone is 2. The Morgan fingerprint density at radius 1 is 1.38 bits per heavy atom. The minimum Gasteiger partial charge on any atom is -0.496 e. The summed E-state index contributed by atoms with van der Waals surface area (Å²) < 4.78 is 5.26. The van der Waals surface area contributed by atoms with Gasteiger partial charge in [-0.3, -0.25) is 0 Å². The maximum Gasteiger partial charge on any atom is 0.122 e. The molecule has 0 saturated carbocycles. The van der Waals surface area contributed by atoms with Crippen molar-refractivity contribution in [3.05, 3.63) is 41.5 Å². The number of ether oxygens (including phenoxy) is 1. The molecule has 0 fully saturated rings. The van der Waals surface area contributed by atoms with Gasteiger partial charge in [0.1, 0.15) is 5.75 Å². The lowest BCUT2D eigenvalue weighted by Crippen LogP contribution is -1.91. The third-order valence-corrected chi connectivity index (χ3v) is 2.01. The van der Waals surface area contributed by atoms with E-state index in [9.17, 15) is 0 Å². The Morgan fingerprint density at radius 3 is 2.77 bits per heavy atom. The Bertz CT molecular complexity index is 300. The smallest absolute Gasteiger partial charge is 0.122 e. The van der Waals surface area contributed by atoms with Gasteiger partial charge < -0.3 is 4.74 Å². The summed E-state index contributed by atoms with van der Waals surface area (Å²) in [4.78, 5) is 0. The van der Waals surface area contributed by atoms with E-state index in [0.717, 1.165) is 12.2 Å². The van der Waals surface area contributed by atoms with E-state index in [1.807, 2.05) is 13.0 Å². The second kappa shape index (κ2) is 4.70. The number of rotatable bonds is 3. The quantitative estimate of drug-likeness (QED) is 0.643. The molecule has 0 aliphatic carbocycles. The fourth-order valence-corrected chi connectivity index (χ4v) is 1.31. The predicted molar refractivity (Wildman–Crippen MR) is 56.2 cm³/mol. The van der Waals surface area contributed by atoms with Crippen molar-refractivity contribution < 1.29 is 4.74 Å². The van der Waals surface area contributed by atoms with Crippen LogP contribution in [0.1, 0.15) is 18.1 Å². The molecule has 1 rings (SSSR count). The van der Waals surface area contributed by atoms with Crippen LogP contribution in [0.5, 0.6) is 5.75 Å². The Kier molecular flexibility index (Phi) is 3.56. The molecular formula is C12H16O. The van der Waals surface area contributed by atoms with Gasteiger partial charge in [0.2, 0.25) is 0 Å². The van der Waals surface area contributed by atoms with Gasteiger partial charge in [0, 0.05) is 0 Å². The van der Waals surface area contributed by atoms with Crippen molar-refractivity contribution in [1.29, 1.82) is 0 Å². The van der Waals surface area contributed by atoms with E-state index in [2.05, 4.69) is 31.2 Å². The van der Waals surface area contributed by atoms with Gasteiger partial charge in [-0.15, -0.1) is 0 Å². The molecular weight excluding hydrogens is 160 g/mol. The molecule has 0 aliphatic heterocycles. The highest BCUT2D eigenvalue weighted by Gasteiger charge is 1.99. The van der Waals surface area contributed by atoms with Gasteiger partial charge in [-0.05, 0) is 31.9 Å². The van der Waals surface area contributed by atoms with Crippen LogP contribution in [0.25, 0.3) is 0 Å². The molecule has 1 aromatic rings. The van der Waals surface area contributed by atoms with Crippen molar-refractivity contribution in [3.8, 4) is 5.75 Å². The number of aryl methyl sites for hydroxylation is 1. The molecule has 70 valence electrons. The van der Waals surface area contributed by atoms with Crippen molar-refractivity contribution in [3.63, 3.8) is 0 Å². The van der Waals surface area contributed by atoms with Crippen LogP contribution in [0.2, 0.25) is 0 Å². The average molecular weight is 176 g/mol. The summed E-state index contributed by atoms with van der Waals surface area (Å²) in [7, 11) is 1.71. The standard InChI is InChI=1S/C12H16O/c1-4-5-6-11-9-10(2)7-8-12(11)13-3/h4-5,7-9H,6H2,1-3H3. The number of methoxy groups -OCH3 is 1. The van der Waals surface area contributed by atoms with Gasteiger partial charge in [0.05, 0.1) is 7.11 Å². The van der Waals surface area contributed by atoms with E-state index < -0.39 is 0 Å². The zero-order valence-electron chi connectivity index (χ0n) is 8.50. The SMILES string of the molecule is CC=CCc1cc(C)ccc1OC. The second-order valence-corrected chi connectivity index (χ2v) is 3.09. The first kappa shape index (κ1) is 9.85. The molecule has 0 heterocycles. The van der Waals surface area contributed by atoms with Crippen molar-refractivity contribution in [2.45, 2.75) is 20.3 Å². The largest absolute Gasteiger partial charge is 0.496 e. The lowest BCUT2D eigenvalue weighted by Gasteiger charge is -2.06. The monoisotopic (exact) mass is 176 g/mol. The molecule has 13 heavy (non-hydrogen) atoms. The summed E-state index contributed by atoms with van der Waals surface area (Å²) in [5, 5.41) is 0. The molecule has 0 radical (unpaired) electrons. The van der Waals surface area contributed by atoms with E-state index in [0.29, 0.717) is 0 Å². The van der Waals surface area contributed by atoms with Gasteiger partial charge in [-0.2, -0.15) is 0 Å². The minimum absolute atomic E-state index is 0.946. The summed E-state index contributed by atoms with van der Waals surface area (Å²) in [6.45, 7) is 4.13. The zero-order chi connectivity index (χ0) is 9.68. The van der Waals surface area contributed by atoms with E-state index in [4.69, 9.17) is 4.74 Å². The molecule has 0 spiro atoms. The highest BCUT2D eigenvalue weighted by Crippen LogP contribution is 2.20. The van der Waals surface area contributed by atoms with Crippen molar-refractivity contribution in [1.82, 2.24) is 0 Å². The van der Waals surface area contributed by atoms with E-state index in [1.54, 1.807) is 7.11 Å². The van der Waals surface area contributed by atoms with Crippen LogP contribution in [0, 0.1) is 6.92 Å². The Balaban J connectivity index is 2.94. The second-order valence-electron chi connectivity index (χ2n) is 3.09. The maximum absolute atomic E-state index is 5.26. The van der Waals surface area contributed by atoms with E-state index in [-0.39, 0.29) is 0 Å². The van der Waals surface area contributed by atoms with Crippen molar-refractivity contribution in [2.24, 2.45) is 0 Å². The van der Waals surface area contributed by atoms with Gasteiger partial charge in [-0.1, -0.05) is 29.8 Å². The molecule has 0 amide bonds. The van der Waals surface area contributed by atoms with Crippen molar-refractivity contribution in [2.75, 3.05) is 7.11 Å². The first-order valence-corrected chi connectivity index (χ1v) is 4.52. The Morgan fingerprint density at radius 2 is 2.15 bits per heavy atom. The maximum atomic E-state index is 5.26. The summed E-state index contributed by atoms with van der Waals surface area (Å²) in [5.74, 6) is 0.976. The number of hydrogen-bond acceptors (Lipinski definition) is 1. The summed E-state index contributed by atoms with van der Waals surface area (Å²) in [6.07, 6.45) is 5.14. The third kappa shape index (κ3) is 2.62. The lowest BCUT2D eigenvalue weighted by molar-refractivity contribution is 0.410. The lowest BCUT2D eigenvalue weighted by atomic mass is 10.1. The van der Waals surface area contributed by atoms with Gasteiger partial charge in [-0.25, -0.2) is 0 Å². The first-order chi connectivity index (χ1) is 6.27. The van der Waals surface area contributed by atoms with Crippen LogP contribution >= 0.6 is 0 Å². The fourth-order valence-electron chi connectivity index (χ4n) is 1.31. The Hall–Kier alpha value is -1.24. The van der Waals surface area contributed by atoms with E-state index >= 15 is 0 Å². The third-order valence-electron chi connectivity index (χ3n) is 2.01. The average Bonchev–Trinajstić information content (AvgIpc) is 2.15. The highest BCUT2D eigenvalue weighted by atomic mass is 16.5. The first-order valence-electron chi connectivity index (χ1n) is 4.52. The molecule has 0 aromatic heterocycles. The van der Waals surface area contributed by atoms with Crippen molar-refractivity contribution >= 4 is 0 Å². The molecule has 0 atom stereocenters. The molecule has 0 saturated heterocycles. The Labute approximate surface area is 80.0 Å². The van der Waals surface area contributed by atoms with Crippen LogP contribution < -0.4 is 4.74 Å². The fraction of sp³-hybridized carbons (Fsp3) is 0.333. The predicted octanol–water partition coefficient (Wildman–Crippen LogP) is 3.12. The molecule has 1 heteroatoms. The van der Waals surface area contributed by atoms with Gasteiger partial charge >= 0.3 is 0 Å². The topological polar surface area (TPSA) is 9.23 Å². The zero-order valence-corrected chi connectivity index (χ0v) is 8.50. The summed E-state index contributed by atoms with van der Waals surface area (Å²) >= 11 is 0. The normalized spacial score (nSPS) is 10.7. The van der Waals surface area contributed by atoms with Gasteiger partial charge in [0.25, 0.3) is 0 Å². The highest BCUT2D eigenvalue weighted by molar-refractivity contribution is 5.38. The molecule has 0 unspecified atom stereocenters. The summed E-state index contributed by atoms with van der Waals surface area (Å²) in [6, 6.07) is 6.25. The van der Waals surface area contributed by atoms with Crippen LogP contribution in [-0.4, -0.2) is 7.11 Å².